The van der Waals surface area contributed by atoms with Gasteiger partial charge in [0, 0.05) is 12.5 Å². The number of nitrogens with two attached hydrogens (primary N) is 1. The molecule has 17 heavy (non-hydrogen) atoms. The number of rotatable bonds is 6. The average molecular weight is 244 g/mol. The largest absolute Gasteiger partial charge is 0.460 e. The Labute approximate surface area is 103 Å². The van der Waals surface area contributed by atoms with Crippen LogP contribution < -0.4 is 11.1 Å². The lowest BCUT2D eigenvalue weighted by molar-refractivity contribution is -0.155. The maximum absolute atomic E-state index is 11.5. The number of nitrogens with one attached hydrogen (secondary N) is 1. The number of hydrogen-bond donors (Lipinski definition) is 2. The Kier molecular flexibility index (Phi) is 6.16. The summed E-state index contributed by atoms with van der Waals surface area (Å²) in [6.45, 7) is 9.27. The molecule has 3 N–H and O–H groups in total. The normalized spacial score (nSPS) is 13.5. The molecule has 0 aromatic heterocycles. The van der Waals surface area contributed by atoms with Gasteiger partial charge in [-0.25, -0.2) is 0 Å². The van der Waals surface area contributed by atoms with Crippen LogP contribution in [0, 0.1) is 0 Å². The molecule has 0 aliphatic carbocycles. The van der Waals surface area contributed by atoms with E-state index in [1.54, 1.807) is 0 Å². The summed E-state index contributed by atoms with van der Waals surface area (Å²) in [6.07, 6.45) is 0.549. The minimum absolute atomic E-state index is 0.145. The van der Waals surface area contributed by atoms with Crippen molar-refractivity contribution in [3.63, 3.8) is 0 Å². The molecule has 0 aromatic rings. The highest BCUT2D eigenvalue weighted by Gasteiger charge is 2.20. The Bertz CT molecular complexity index is 269. The van der Waals surface area contributed by atoms with E-state index in [0.717, 1.165) is 0 Å². The van der Waals surface area contributed by atoms with Gasteiger partial charge in [-0.05, 0) is 27.2 Å². The van der Waals surface area contributed by atoms with Crippen LogP contribution in [-0.2, 0) is 14.3 Å². The molecule has 0 aliphatic rings. The third kappa shape index (κ3) is 8.68. The molecule has 0 saturated heterocycles. The van der Waals surface area contributed by atoms with Gasteiger partial charge in [0.2, 0.25) is 5.91 Å². The second-order valence-corrected chi connectivity index (χ2v) is 5.40. The van der Waals surface area contributed by atoms with Crippen LogP contribution in [0.5, 0.6) is 0 Å². The minimum Gasteiger partial charge on any atom is -0.460 e. The van der Waals surface area contributed by atoms with Gasteiger partial charge in [0.05, 0.1) is 6.04 Å². The SMILES string of the molecule is CC(C)NC(CCC(=O)OC(C)(C)C)C(N)=O. The number of hydrogen-bond acceptors (Lipinski definition) is 4. The molecule has 0 rings (SSSR count). The number of amides is 1. The van der Waals surface area contributed by atoms with E-state index in [0.29, 0.717) is 6.42 Å². The highest BCUT2D eigenvalue weighted by molar-refractivity contribution is 5.80. The van der Waals surface area contributed by atoms with Gasteiger partial charge in [0.25, 0.3) is 0 Å². The molecule has 1 amide bonds. The van der Waals surface area contributed by atoms with E-state index in [9.17, 15) is 9.59 Å². The third-order valence-corrected chi connectivity index (χ3v) is 1.94. The summed E-state index contributed by atoms with van der Waals surface area (Å²) in [6, 6.07) is -0.339. The summed E-state index contributed by atoms with van der Waals surface area (Å²) in [5.41, 5.74) is 4.75. The second-order valence-electron chi connectivity index (χ2n) is 5.40. The highest BCUT2D eigenvalue weighted by atomic mass is 16.6. The quantitative estimate of drug-likeness (QED) is 0.682. The first-order valence-electron chi connectivity index (χ1n) is 5.89. The fourth-order valence-corrected chi connectivity index (χ4v) is 1.36. The molecule has 0 radical (unpaired) electrons. The Morgan fingerprint density at radius 3 is 2.18 bits per heavy atom. The number of ether oxygens (including phenoxy) is 1. The van der Waals surface area contributed by atoms with Crippen molar-refractivity contribution in [3.8, 4) is 0 Å². The highest BCUT2D eigenvalue weighted by Crippen LogP contribution is 2.10. The molecule has 1 unspecified atom stereocenters. The van der Waals surface area contributed by atoms with E-state index in [1.165, 1.54) is 0 Å². The van der Waals surface area contributed by atoms with Gasteiger partial charge in [-0.3, -0.25) is 9.59 Å². The van der Waals surface area contributed by atoms with Crippen LogP contribution in [0.1, 0.15) is 47.5 Å². The van der Waals surface area contributed by atoms with Gasteiger partial charge in [-0.15, -0.1) is 0 Å². The zero-order valence-electron chi connectivity index (χ0n) is 11.4. The number of carbonyl (C=O) groups is 2. The van der Waals surface area contributed by atoms with Crippen LogP contribution in [0.2, 0.25) is 0 Å². The second kappa shape index (κ2) is 6.59. The average Bonchev–Trinajstić information content (AvgIpc) is 2.08. The molecule has 0 fully saturated rings. The predicted molar refractivity (Wildman–Crippen MR) is 66.3 cm³/mol. The molecule has 5 nitrogen and oxygen atoms in total. The summed E-state index contributed by atoms with van der Waals surface area (Å²) >= 11 is 0. The lowest BCUT2D eigenvalue weighted by Gasteiger charge is -2.21. The Morgan fingerprint density at radius 1 is 1.29 bits per heavy atom. The summed E-state index contributed by atoms with van der Waals surface area (Å²) in [4.78, 5) is 22.6. The van der Waals surface area contributed by atoms with Crippen molar-refractivity contribution >= 4 is 11.9 Å². The summed E-state index contributed by atoms with van der Waals surface area (Å²) in [5.74, 6) is -0.753. The van der Waals surface area contributed by atoms with Crippen molar-refractivity contribution in [2.24, 2.45) is 5.73 Å². The van der Waals surface area contributed by atoms with Crippen LogP contribution >= 0.6 is 0 Å². The van der Waals surface area contributed by atoms with Gasteiger partial charge in [0.1, 0.15) is 5.60 Å². The van der Waals surface area contributed by atoms with Gasteiger partial charge in [0.15, 0.2) is 0 Å². The first kappa shape index (κ1) is 15.9. The first-order valence-corrected chi connectivity index (χ1v) is 5.89. The molecular weight excluding hydrogens is 220 g/mol. The summed E-state index contributed by atoms with van der Waals surface area (Å²) in [5, 5.41) is 3.02. The molecule has 0 heterocycles. The van der Waals surface area contributed by atoms with Crippen molar-refractivity contribution in [2.45, 2.75) is 65.1 Å². The lowest BCUT2D eigenvalue weighted by Crippen LogP contribution is -2.44. The van der Waals surface area contributed by atoms with E-state index in [4.69, 9.17) is 10.5 Å². The van der Waals surface area contributed by atoms with Crippen molar-refractivity contribution in [1.29, 1.82) is 0 Å². The van der Waals surface area contributed by atoms with E-state index in [-0.39, 0.29) is 18.4 Å². The molecule has 0 aromatic carbocycles. The van der Waals surface area contributed by atoms with Gasteiger partial charge >= 0.3 is 5.97 Å². The van der Waals surface area contributed by atoms with Crippen molar-refractivity contribution in [3.05, 3.63) is 0 Å². The smallest absolute Gasteiger partial charge is 0.306 e. The Balaban J connectivity index is 4.13. The summed E-state index contributed by atoms with van der Waals surface area (Å²) < 4.78 is 5.15. The Hall–Kier alpha value is -1.10. The number of carbonyl (C=O) groups excluding carboxylic acids is 2. The summed E-state index contributed by atoms with van der Waals surface area (Å²) in [7, 11) is 0. The predicted octanol–water partition coefficient (Wildman–Crippen LogP) is 0.960. The van der Waals surface area contributed by atoms with Crippen LogP contribution in [-0.4, -0.2) is 29.6 Å². The van der Waals surface area contributed by atoms with E-state index in [2.05, 4.69) is 5.32 Å². The van der Waals surface area contributed by atoms with Crippen molar-refractivity contribution in [1.82, 2.24) is 5.32 Å². The molecule has 100 valence electrons. The van der Waals surface area contributed by atoms with Gasteiger partial charge in [-0.2, -0.15) is 0 Å². The van der Waals surface area contributed by atoms with E-state index >= 15 is 0 Å². The number of esters is 1. The van der Waals surface area contributed by atoms with Crippen molar-refractivity contribution in [2.75, 3.05) is 0 Å². The van der Waals surface area contributed by atoms with Crippen LogP contribution in [0.4, 0.5) is 0 Å². The molecule has 0 spiro atoms. The maximum atomic E-state index is 11.5. The van der Waals surface area contributed by atoms with E-state index in [1.807, 2.05) is 34.6 Å². The monoisotopic (exact) mass is 244 g/mol. The zero-order valence-corrected chi connectivity index (χ0v) is 11.4. The molecular formula is C12H24N2O3. The van der Waals surface area contributed by atoms with Gasteiger partial charge < -0.3 is 15.8 Å². The lowest BCUT2D eigenvalue weighted by atomic mass is 10.1. The molecule has 0 saturated carbocycles. The first-order chi connectivity index (χ1) is 7.61. The molecule has 5 heteroatoms. The molecule has 0 bridgehead atoms. The van der Waals surface area contributed by atoms with Crippen molar-refractivity contribution < 1.29 is 14.3 Å². The van der Waals surface area contributed by atoms with Gasteiger partial charge in [-0.1, -0.05) is 13.8 Å². The maximum Gasteiger partial charge on any atom is 0.306 e. The topological polar surface area (TPSA) is 81.4 Å². The van der Waals surface area contributed by atoms with Crippen LogP contribution in [0.15, 0.2) is 0 Å². The van der Waals surface area contributed by atoms with Crippen LogP contribution in [0.25, 0.3) is 0 Å². The molecule has 0 aliphatic heterocycles. The third-order valence-electron chi connectivity index (χ3n) is 1.94. The zero-order chi connectivity index (χ0) is 13.6. The minimum atomic E-state index is -0.495. The standard InChI is InChI=1S/C12H24N2O3/c1-8(2)14-9(11(13)16)6-7-10(15)17-12(3,4)5/h8-9,14H,6-7H2,1-5H3,(H2,13,16). The number of primary amides is 1. The van der Waals surface area contributed by atoms with E-state index < -0.39 is 17.6 Å². The fourth-order valence-electron chi connectivity index (χ4n) is 1.36. The van der Waals surface area contributed by atoms with Crippen LogP contribution in [0.3, 0.4) is 0 Å². The fraction of sp³-hybridized carbons (Fsp3) is 0.833. The molecule has 1 atom stereocenters. The Morgan fingerprint density at radius 2 is 1.82 bits per heavy atom.